The highest BCUT2D eigenvalue weighted by Gasteiger charge is 2.08. The summed E-state index contributed by atoms with van der Waals surface area (Å²) in [5, 5.41) is 8.42. The van der Waals surface area contributed by atoms with Gasteiger partial charge in [0.15, 0.2) is 0 Å². The Labute approximate surface area is 111 Å². The second kappa shape index (κ2) is 7.31. The molecule has 0 saturated carbocycles. The molecule has 0 spiro atoms. The van der Waals surface area contributed by atoms with E-state index in [1.54, 1.807) is 0 Å². The third-order valence-electron chi connectivity index (χ3n) is 2.40. The molecule has 0 amide bonds. The van der Waals surface area contributed by atoms with Crippen LogP contribution in [-0.4, -0.2) is 6.61 Å². The molecule has 0 bridgehead atoms. The molecule has 1 aromatic rings. The summed E-state index contributed by atoms with van der Waals surface area (Å²) in [6.07, 6.45) is 2.35. The lowest BCUT2D eigenvalue weighted by atomic mass is 10.1. The highest BCUT2D eigenvalue weighted by Crippen LogP contribution is 2.27. The quantitative estimate of drug-likeness (QED) is 0.817. The minimum absolute atomic E-state index is 0.0541. The summed E-state index contributed by atoms with van der Waals surface area (Å²) in [7, 11) is 0. The topological polar surface area (TPSA) is 59.0 Å². The SMILES string of the molecule is C[C@H](N)c1cc(Br)ccc1OCCCCC#N. The first-order chi connectivity index (χ1) is 8.15. The van der Waals surface area contributed by atoms with Crippen LogP contribution in [0.25, 0.3) is 0 Å². The van der Waals surface area contributed by atoms with Crippen LogP contribution in [0.15, 0.2) is 22.7 Å². The van der Waals surface area contributed by atoms with Gasteiger partial charge in [-0.3, -0.25) is 0 Å². The van der Waals surface area contributed by atoms with Crippen molar-refractivity contribution in [3.63, 3.8) is 0 Å². The van der Waals surface area contributed by atoms with Crippen molar-refractivity contribution in [2.45, 2.75) is 32.2 Å². The van der Waals surface area contributed by atoms with E-state index in [-0.39, 0.29) is 6.04 Å². The Hall–Kier alpha value is -1.05. The molecule has 0 heterocycles. The summed E-state index contributed by atoms with van der Waals surface area (Å²) >= 11 is 3.42. The summed E-state index contributed by atoms with van der Waals surface area (Å²) in [6, 6.07) is 7.91. The number of unbranched alkanes of at least 4 members (excludes halogenated alkanes) is 2. The number of hydrogen-bond acceptors (Lipinski definition) is 3. The first-order valence-electron chi connectivity index (χ1n) is 5.70. The van der Waals surface area contributed by atoms with Gasteiger partial charge in [0.1, 0.15) is 5.75 Å². The van der Waals surface area contributed by atoms with Crippen LogP contribution in [0.1, 0.15) is 37.8 Å². The summed E-state index contributed by atoms with van der Waals surface area (Å²) < 4.78 is 6.69. The Morgan fingerprint density at radius 3 is 2.88 bits per heavy atom. The lowest BCUT2D eigenvalue weighted by Gasteiger charge is -2.14. The fourth-order valence-corrected chi connectivity index (χ4v) is 1.87. The van der Waals surface area contributed by atoms with E-state index in [4.69, 9.17) is 15.7 Å². The van der Waals surface area contributed by atoms with Crippen molar-refractivity contribution in [2.24, 2.45) is 5.73 Å². The third-order valence-corrected chi connectivity index (χ3v) is 2.90. The van der Waals surface area contributed by atoms with Crippen LogP contribution >= 0.6 is 15.9 Å². The molecular weight excluding hydrogens is 280 g/mol. The van der Waals surface area contributed by atoms with Gasteiger partial charge in [-0.25, -0.2) is 0 Å². The normalized spacial score (nSPS) is 11.9. The Morgan fingerprint density at radius 2 is 2.24 bits per heavy atom. The Balaban J connectivity index is 2.55. The Morgan fingerprint density at radius 1 is 1.47 bits per heavy atom. The van der Waals surface area contributed by atoms with Gasteiger partial charge in [-0.05, 0) is 38.0 Å². The van der Waals surface area contributed by atoms with Crippen molar-refractivity contribution < 1.29 is 4.74 Å². The Kier molecular flexibility index (Phi) is 6.03. The molecule has 3 nitrogen and oxygen atoms in total. The van der Waals surface area contributed by atoms with Crippen LogP contribution in [0.2, 0.25) is 0 Å². The maximum atomic E-state index is 8.42. The number of nitrogens with two attached hydrogens (primary N) is 1. The van der Waals surface area contributed by atoms with Gasteiger partial charge in [0.25, 0.3) is 0 Å². The maximum Gasteiger partial charge on any atom is 0.124 e. The molecule has 0 aliphatic rings. The van der Waals surface area contributed by atoms with E-state index >= 15 is 0 Å². The molecule has 1 rings (SSSR count). The second-order valence-corrected chi connectivity index (χ2v) is 4.85. The monoisotopic (exact) mass is 296 g/mol. The zero-order chi connectivity index (χ0) is 12.7. The molecule has 0 fully saturated rings. The number of rotatable bonds is 6. The predicted octanol–water partition coefficient (Wildman–Crippen LogP) is 3.54. The van der Waals surface area contributed by atoms with E-state index in [2.05, 4.69) is 22.0 Å². The van der Waals surface area contributed by atoms with Crippen LogP contribution < -0.4 is 10.5 Å². The number of nitrogens with zero attached hydrogens (tertiary/aromatic N) is 1. The van der Waals surface area contributed by atoms with Crippen molar-refractivity contribution in [1.29, 1.82) is 5.26 Å². The third kappa shape index (κ3) is 4.76. The van der Waals surface area contributed by atoms with Crippen molar-refractivity contribution in [2.75, 3.05) is 6.61 Å². The number of hydrogen-bond donors (Lipinski definition) is 1. The van der Waals surface area contributed by atoms with Crippen LogP contribution in [0.3, 0.4) is 0 Å². The molecule has 92 valence electrons. The molecule has 1 atom stereocenters. The van der Waals surface area contributed by atoms with E-state index in [0.29, 0.717) is 13.0 Å². The zero-order valence-electron chi connectivity index (χ0n) is 9.95. The lowest BCUT2D eigenvalue weighted by molar-refractivity contribution is 0.303. The van der Waals surface area contributed by atoms with Crippen molar-refractivity contribution in [3.8, 4) is 11.8 Å². The number of nitriles is 1. The Bertz CT molecular complexity index is 399. The molecule has 17 heavy (non-hydrogen) atoms. The van der Waals surface area contributed by atoms with Crippen molar-refractivity contribution in [1.82, 2.24) is 0 Å². The van der Waals surface area contributed by atoms with Gasteiger partial charge >= 0.3 is 0 Å². The van der Waals surface area contributed by atoms with Gasteiger partial charge in [-0.1, -0.05) is 15.9 Å². The molecule has 0 unspecified atom stereocenters. The van der Waals surface area contributed by atoms with Crippen LogP contribution in [0.5, 0.6) is 5.75 Å². The zero-order valence-corrected chi connectivity index (χ0v) is 11.5. The first-order valence-corrected chi connectivity index (χ1v) is 6.49. The molecule has 0 radical (unpaired) electrons. The highest BCUT2D eigenvalue weighted by molar-refractivity contribution is 9.10. The van der Waals surface area contributed by atoms with E-state index < -0.39 is 0 Å². The largest absolute Gasteiger partial charge is 0.493 e. The molecule has 0 aromatic heterocycles. The molecular formula is C13H17BrN2O. The van der Waals surface area contributed by atoms with E-state index in [1.165, 1.54) is 0 Å². The van der Waals surface area contributed by atoms with Gasteiger partial charge < -0.3 is 10.5 Å². The molecule has 1 aromatic carbocycles. The first kappa shape index (κ1) is 14.0. The molecule has 4 heteroatoms. The van der Waals surface area contributed by atoms with Crippen LogP contribution in [0.4, 0.5) is 0 Å². The fourth-order valence-electron chi connectivity index (χ4n) is 1.49. The van der Waals surface area contributed by atoms with Gasteiger partial charge in [0.05, 0.1) is 12.7 Å². The fraction of sp³-hybridized carbons (Fsp3) is 0.462. The molecule has 0 saturated heterocycles. The average Bonchev–Trinajstić information content (AvgIpc) is 2.30. The summed E-state index contributed by atoms with van der Waals surface area (Å²) in [6.45, 7) is 2.56. The smallest absolute Gasteiger partial charge is 0.124 e. The summed E-state index contributed by atoms with van der Waals surface area (Å²) in [5.74, 6) is 0.833. The predicted molar refractivity (Wildman–Crippen MR) is 71.7 cm³/mol. The minimum atomic E-state index is -0.0541. The maximum absolute atomic E-state index is 8.42. The number of halogens is 1. The highest BCUT2D eigenvalue weighted by atomic mass is 79.9. The van der Waals surface area contributed by atoms with E-state index in [0.717, 1.165) is 28.6 Å². The van der Waals surface area contributed by atoms with Gasteiger partial charge in [-0.2, -0.15) is 5.26 Å². The van der Waals surface area contributed by atoms with Crippen LogP contribution in [0, 0.1) is 11.3 Å². The van der Waals surface area contributed by atoms with Crippen molar-refractivity contribution >= 4 is 15.9 Å². The second-order valence-electron chi connectivity index (χ2n) is 3.93. The minimum Gasteiger partial charge on any atom is -0.493 e. The summed E-state index contributed by atoms with van der Waals surface area (Å²) in [4.78, 5) is 0. The van der Waals surface area contributed by atoms with E-state index in [1.807, 2.05) is 25.1 Å². The average molecular weight is 297 g/mol. The van der Waals surface area contributed by atoms with Crippen LogP contribution in [-0.2, 0) is 0 Å². The van der Waals surface area contributed by atoms with E-state index in [9.17, 15) is 0 Å². The standard InChI is InChI=1S/C13H17BrN2O/c1-10(16)12-9-11(14)5-6-13(12)17-8-4-2-3-7-15/h5-6,9-10H,2-4,8,16H2,1H3/t10-/m0/s1. The van der Waals surface area contributed by atoms with Gasteiger partial charge in [0, 0.05) is 22.5 Å². The summed E-state index contributed by atoms with van der Waals surface area (Å²) in [5.41, 5.74) is 6.89. The number of ether oxygens (including phenoxy) is 1. The van der Waals surface area contributed by atoms with Crippen molar-refractivity contribution in [3.05, 3.63) is 28.2 Å². The molecule has 0 aliphatic heterocycles. The molecule has 2 N–H and O–H groups in total. The number of benzene rings is 1. The lowest BCUT2D eigenvalue weighted by Crippen LogP contribution is -2.08. The molecule has 0 aliphatic carbocycles. The van der Waals surface area contributed by atoms with Gasteiger partial charge in [0.2, 0.25) is 0 Å². The van der Waals surface area contributed by atoms with Gasteiger partial charge in [-0.15, -0.1) is 0 Å².